The Kier molecular flexibility index (Phi) is 6.77. The van der Waals surface area contributed by atoms with Crippen molar-refractivity contribution in [2.75, 3.05) is 11.4 Å². The first-order chi connectivity index (χ1) is 16.4. The standard InChI is InChI=1S/C20H20N8O5S/c29-16(9-22-19(31)17(23-20(32)33)12-5-6-34-10-12)28-13-4-2-1-3-11(13)7-14(28)18(30)21-8-15-24-26-27-25-15/h1-6,10,14,17,23H,7-9H2,(H,21,30)(H,22,31)(H,32,33)(H,24,25,26,27)/t14?,17-/m0/s1. The molecule has 1 aliphatic heterocycles. The molecule has 14 heteroatoms. The summed E-state index contributed by atoms with van der Waals surface area (Å²) in [4.78, 5) is 51.2. The Morgan fingerprint density at radius 1 is 1.21 bits per heavy atom. The number of aromatic nitrogens is 4. The fraction of sp³-hybridized carbons (Fsp3) is 0.250. The van der Waals surface area contributed by atoms with Crippen LogP contribution in [-0.2, 0) is 27.3 Å². The molecule has 3 aromatic rings. The summed E-state index contributed by atoms with van der Waals surface area (Å²) >= 11 is 1.31. The number of thiophene rings is 1. The van der Waals surface area contributed by atoms with Gasteiger partial charge in [0.05, 0.1) is 13.1 Å². The monoisotopic (exact) mass is 484 g/mol. The second-order valence-corrected chi connectivity index (χ2v) is 8.10. The maximum absolute atomic E-state index is 13.1. The Balaban J connectivity index is 1.46. The van der Waals surface area contributed by atoms with E-state index in [1.807, 2.05) is 12.1 Å². The summed E-state index contributed by atoms with van der Waals surface area (Å²) in [6, 6.07) is 6.72. The molecule has 0 bridgehead atoms. The topological polar surface area (TPSA) is 182 Å². The number of benzene rings is 1. The lowest BCUT2D eigenvalue weighted by molar-refractivity contribution is -0.128. The molecule has 5 N–H and O–H groups in total. The Hall–Kier alpha value is -4.33. The predicted octanol–water partition coefficient (Wildman–Crippen LogP) is -0.0396. The SMILES string of the molecule is O=C(O)N[C@H](C(=O)NCC(=O)N1c2ccccc2CC1C(=O)NCc1nn[nH]n1)c1ccsc1. The van der Waals surface area contributed by atoms with Crippen LogP contribution in [0, 0.1) is 0 Å². The average molecular weight is 484 g/mol. The highest BCUT2D eigenvalue weighted by molar-refractivity contribution is 7.08. The Morgan fingerprint density at radius 3 is 2.74 bits per heavy atom. The Labute approximate surface area is 196 Å². The lowest BCUT2D eigenvalue weighted by Crippen LogP contribution is -2.51. The number of aromatic amines is 1. The maximum atomic E-state index is 13.1. The van der Waals surface area contributed by atoms with Crippen LogP contribution in [0.5, 0.6) is 0 Å². The molecule has 0 saturated carbocycles. The van der Waals surface area contributed by atoms with Gasteiger partial charge in [0.15, 0.2) is 5.82 Å². The van der Waals surface area contributed by atoms with Crippen LogP contribution in [0.2, 0.25) is 0 Å². The van der Waals surface area contributed by atoms with Crippen LogP contribution < -0.4 is 20.9 Å². The van der Waals surface area contributed by atoms with Crippen LogP contribution in [0.4, 0.5) is 10.5 Å². The van der Waals surface area contributed by atoms with Gasteiger partial charge in [-0.3, -0.25) is 19.3 Å². The first kappa shape index (κ1) is 22.8. The number of rotatable bonds is 8. The molecule has 0 radical (unpaired) electrons. The van der Waals surface area contributed by atoms with E-state index in [1.165, 1.54) is 16.2 Å². The summed E-state index contributed by atoms with van der Waals surface area (Å²) in [6.07, 6.45) is -1.07. The molecular weight excluding hydrogens is 464 g/mol. The third-order valence-electron chi connectivity index (χ3n) is 5.18. The van der Waals surface area contributed by atoms with Gasteiger partial charge in [0.25, 0.3) is 0 Å². The second kappa shape index (κ2) is 10.1. The molecule has 1 unspecified atom stereocenters. The summed E-state index contributed by atoms with van der Waals surface area (Å²) < 4.78 is 0. The van der Waals surface area contributed by atoms with Gasteiger partial charge in [-0.15, -0.1) is 10.2 Å². The zero-order chi connectivity index (χ0) is 24.1. The van der Waals surface area contributed by atoms with Crippen molar-refractivity contribution in [1.29, 1.82) is 0 Å². The van der Waals surface area contributed by atoms with Gasteiger partial charge in [-0.2, -0.15) is 16.6 Å². The number of carboxylic acid groups (broad SMARTS) is 1. The van der Waals surface area contributed by atoms with Crippen LogP contribution in [0.3, 0.4) is 0 Å². The molecule has 0 saturated heterocycles. The molecule has 0 spiro atoms. The van der Waals surface area contributed by atoms with Crippen LogP contribution in [0.15, 0.2) is 41.1 Å². The summed E-state index contributed by atoms with van der Waals surface area (Å²) in [5.74, 6) is -1.32. The van der Waals surface area contributed by atoms with E-state index in [0.717, 1.165) is 5.56 Å². The Morgan fingerprint density at radius 2 is 2.03 bits per heavy atom. The van der Waals surface area contributed by atoms with Gasteiger partial charge in [-0.05, 0) is 34.0 Å². The smallest absolute Gasteiger partial charge is 0.405 e. The number of carbonyl (C=O) groups is 4. The van der Waals surface area contributed by atoms with E-state index >= 15 is 0 Å². The molecule has 176 valence electrons. The van der Waals surface area contributed by atoms with Crippen LogP contribution >= 0.6 is 11.3 Å². The van der Waals surface area contributed by atoms with E-state index in [0.29, 0.717) is 23.5 Å². The van der Waals surface area contributed by atoms with E-state index in [1.54, 1.807) is 29.0 Å². The van der Waals surface area contributed by atoms with Crippen molar-refractivity contribution in [1.82, 2.24) is 36.6 Å². The number of fused-ring (bicyclic) bond motifs is 1. The van der Waals surface area contributed by atoms with E-state index in [4.69, 9.17) is 5.11 Å². The molecule has 34 heavy (non-hydrogen) atoms. The predicted molar refractivity (Wildman–Crippen MR) is 119 cm³/mol. The van der Waals surface area contributed by atoms with Crippen molar-refractivity contribution in [3.05, 3.63) is 58.0 Å². The van der Waals surface area contributed by atoms with Crippen molar-refractivity contribution in [3.8, 4) is 0 Å². The molecular formula is C20H20N8O5S. The summed E-state index contributed by atoms with van der Waals surface area (Å²) in [5, 5.41) is 33.0. The minimum Gasteiger partial charge on any atom is -0.465 e. The molecule has 1 aliphatic rings. The number of hydrogen-bond acceptors (Lipinski definition) is 8. The van der Waals surface area contributed by atoms with Gasteiger partial charge >= 0.3 is 6.09 Å². The second-order valence-electron chi connectivity index (χ2n) is 7.32. The molecule has 0 fully saturated rings. The summed E-state index contributed by atoms with van der Waals surface area (Å²) in [5.41, 5.74) is 1.84. The van der Waals surface area contributed by atoms with E-state index in [9.17, 15) is 19.2 Å². The van der Waals surface area contributed by atoms with Gasteiger partial charge in [-0.1, -0.05) is 23.4 Å². The zero-order valence-electron chi connectivity index (χ0n) is 17.6. The number of nitrogens with one attached hydrogen (secondary N) is 4. The lowest BCUT2D eigenvalue weighted by Gasteiger charge is -2.25. The zero-order valence-corrected chi connectivity index (χ0v) is 18.4. The number of H-pyrrole nitrogens is 1. The number of para-hydroxylation sites is 1. The first-order valence-corrected chi connectivity index (χ1v) is 11.1. The average Bonchev–Trinajstić information content (AvgIpc) is 3.59. The van der Waals surface area contributed by atoms with E-state index in [2.05, 4.69) is 36.6 Å². The minimum absolute atomic E-state index is 0.0319. The largest absolute Gasteiger partial charge is 0.465 e. The summed E-state index contributed by atoms with van der Waals surface area (Å²) in [6.45, 7) is -0.395. The highest BCUT2D eigenvalue weighted by atomic mass is 32.1. The van der Waals surface area contributed by atoms with Crippen molar-refractivity contribution < 1.29 is 24.3 Å². The van der Waals surface area contributed by atoms with Crippen LogP contribution in [0.25, 0.3) is 0 Å². The Bertz CT molecular complexity index is 1180. The number of hydrogen-bond donors (Lipinski definition) is 5. The molecule has 2 atom stereocenters. The van der Waals surface area contributed by atoms with Crippen molar-refractivity contribution >= 4 is 40.8 Å². The third-order valence-corrected chi connectivity index (χ3v) is 5.88. The van der Waals surface area contributed by atoms with Crippen molar-refractivity contribution in [3.63, 3.8) is 0 Å². The highest BCUT2D eigenvalue weighted by Gasteiger charge is 2.38. The molecule has 4 rings (SSSR count). The van der Waals surface area contributed by atoms with Crippen LogP contribution in [0.1, 0.15) is 23.0 Å². The molecule has 13 nitrogen and oxygen atoms in total. The third kappa shape index (κ3) is 5.01. The number of amides is 4. The van der Waals surface area contributed by atoms with Gasteiger partial charge in [0.2, 0.25) is 17.7 Å². The first-order valence-electron chi connectivity index (χ1n) is 10.1. The van der Waals surface area contributed by atoms with Gasteiger partial charge in [0.1, 0.15) is 12.1 Å². The quantitative estimate of drug-likeness (QED) is 0.295. The molecule has 3 heterocycles. The number of anilines is 1. The number of carbonyl (C=O) groups excluding carboxylic acids is 3. The van der Waals surface area contributed by atoms with Gasteiger partial charge in [-0.25, -0.2) is 4.79 Å². The molecule has 4 amide bonds. The lowest BCUT2D eigenvalue weighted by atomic mass is 10.1. The fourth-order valence-corrected chi connectivity index (χ4v) is 4.34. The maximum Gasteiger partial charge on any atom is 0.405 e. The fourth-order valence-electron chi connectivity index (χ4n) is 3.66. The molecule has 0 aliphatic carbocycles. The molecule has 2 aromatic heterocycles. The van der Waals surface area contributed by atoms with E-state index in [-0.39, 0.29) is 6.54 Å². The van der Waals surface area contributed by atoms with E-state index < -0.39 is 42.4 Å². The highest BCUT2D eigenvalue weighted by Crippen LogP contribution is 2.32. The van der Waals surface area contributed by atoms with Crippen LogP contribution in [-0.4, -0.2) is 62.1 Å². The summed E-state index contributed by atoms with van der Waals surface area (Å²) in [7, 11) is 0. The molecule has 1 aromatic carbocycles. The van der Waals surface area contributed by atoms with Crippen molar-refractivity contribution in [2.24, 2.45) is 0 Å². The van der Waals surface area contributed by atoms with Gasteiger partial charge in [0, 0.05) is 12.1 Å². The number of nitrogens with zero attached hydrogens (tertiary/aromatic N) is 4. The van der Waals surface area contributed by atoms with Gasteiger partial charge < -0.3 is 21.1 Å². The normalized spacial score (nSPS) is 15.3. The van der Waals surface area contributed by atoms with Crippen molar-refractivity contribution in [2.45, 2.75) is 25.0 Å². The minimum atomic E-state index is -1.37. The number of tetrazole rings is 1.